The Labute approximate surface area is 80.2 Å². The summed E-state index contributed by atoms with van der Waals surface area (Å²) in [4.78, 5) is 0. The zero-order valence-electron chi connectivity index (χ0n) is 7.89. The van der Waals surface area contributed by atoms with Gasteiger partial charge in [-0.05, 0) is 37.1 Å². The molecule has 4 heteroatoms. The number of halogens is 3. The SMILES string of the molecule is Cc1ccc(C(F)(F)F)cc1[C@H](C)O. The van der Waals surface area contributed by atoms with E-state index in [0.717, 1.165) is 12.1 Å². The third-order valence-corrected chi connectivity index (χ3v) is 2.06. The van der Waals surface area contributed by atoms with Gasteiger partial charge in [0, 0.05) is 0 Å². The molecule has 0 saturated heterocycles. The molecule has 0 aliphatic heterocycles. The van der Waals surface area contributed by atoms with E-state index in [1.807, 2.05) is 0 Å². The van der Waals surface area contributed by atoms with Gasteiger partial charge in [0.1, 0.15) is 0 Å². The first-order chi connectivity index (χ1) is 6.32. The Hall–Kier alpha value is -1.03. The molecule has 1 aromatic rings. The second kappa shape index (κ2) is 3.61. The molecule has 1 N–H and O–H groups in total. The normalized spacial score (nSPS) is 14.1. The number of aliphatic hydroxyl groups is 1. The number of aryl methyl sites for hydroxylation is 1. The van der Waals surface area contributed by atoms with Crippen molar-refractivity contribution in [2.75, 3.05) is 0 Å². The number of hydrogen-bond donors (Lipinski definition) is 1. The van der Waals surface area contributed by atoms with Gasteiger partial charge in [0.2, 0.25) is 0 Å². The highest BCUT2D eigenvalue weighted by atomic mass is 19.4. The van der Waals surface area contributed by atoms with Gasteiger partial charge in [0.05, 0.1) is 11.7 Å². The van der Waals surface area contributed by atoms with Crippen LogP contribution in [0.2, 0.25) is 0 Å². The third kappa shape index (κ3) is 2.26. The molecule has 0 saturated carbocycles. The lowest BCUT2D eigenvalue weighted by atomic mass is 10.0. The van der Waals surface area contributed by atoms with Gasteiger partial charge in [-0.25, -0.2) is 0 Å². The van der Waals surface area contributed by atoms with Crippen LogP contribution in [0.15, 0.2) is 18.2 Å². The van der Waals surface area contributed by atoms with Gasteiger partial charge in [-0.3, -0.25) is 0 Å². The highest BCUT2D eigenvalue weighted by molar-refractivity contribution is 5.33. The molecule has 0 unspecified atom stereocenters. The van der Waals surface area contributed by atoms with Crippen LogP contribution in [0.5, 0.6) is 0 Å². The van der Waals surface area contributed by atoms with Gasteiger partial charge >= 0.3 is 6.18 Å². The van der Waals surface area contributed by atoms with E-state index in [4.69, 9.17) is 0 Å². The van der Waals surface area contributed by atoms with Gasteiger partial charge in [0.25, 0.3) is 0 Å². The summed E-state index contributed by atoms with van der Waals surface area (Å²) in [5.41, 5.74) is 0.256. The fraction of sp³-hybridized carbons (Fsp3) is 0.400. The Balaban J connectivity index is 3.20. The molecule has 0 fully saturated rings. The summed E-state index contributed by atoms with van der Waals surface area (Å²) >= 11 is 0. The predicted octanol–water partition coefficient (Wildman–Crippen LogP) is 3.07. The molecule has 0 aliphatic rings. The molecule has 0 amide bonds. The van der Waals surface area contributed by atoms with Crippen LogP contribution in [0.25, 0.3) is 0 Å². The Bertz CT molecular complexity index is 329. The molecule has 0 bridgehead atoms. The van der Waals surface area contributed by atoms with E-state index in [1.165, 1.54) is 13.0 Å². The van der Waals surface area contributed by atoms with Crippen LogP contribution in [0.1, 0.15) is 29.7 Å². The Kier molecular flexibility index (Phi) is 2.85. The lowest BCUT2D eigenvalue weighted by molar-refractivity contribution is -0.137. The molecule has 0 aromatic heterocycles. The van der Waals surface area contributed by atoms with Crippen LogP contribution in [-0.4, -0.2) is 5.11 Å². The van der Waals surface area contributed by atoms with Gasteiger partial charge < -0.3 is 5.11 Å². The van der Waals surface area contributed by atoms with Crippen molar-refractivity contribution in [3.05, 3.63) is 34.9 Å². The summed E-state index contributed by atoms with van der Waals surface area (Å²) in [6.45, 7) is 3.12. The fourth-order valence-electron chi connectivity index (χ4n) is 1.27. The lowest BCUT2D eigenvalue weighted by Crippen LogP contribution is -2.07. The van der Waals surface area contributed by atoms with E-state index < -0.39 is 17.8 Å². The molecule has 14 heavy (non-hydrogen) atoms. The number of hydrogen-bond acceptors (Lipinski definition) is 1. The summed E-state index contributed by atoms with van der Waals surface area (Å²) in [5, 5.41) is 9.23. The quantitative estimate of drug-likeness (QED) is 0.745. The van der Waals surface area contributed by atoms with E-state index >= 15 is 0 Å². The van der Waals surface area contributed by atoms with E-state index in [1.54, 1.807) is 6.92 Å². The van der Waals surface area contributed by atoms with Gasteiger partial charge in [-0.1, -0.05) is 6.07 Å². The molecule has 0 radical (unpaired) electrons. The van der Waals surface area contributed by atoms with E-state index in [-0.39, 0.29) is 0 Å². The molecule has 1 nitrogen and oxygen atoms in total. The van der Waals surface area contributed by atoms with Crippen molar-refractivity contribution in [1.29, 1.82) is 0 Å². The number of benzene rings is 1. The maximum Gasteiger partial charge on any atom is 0.416 e. The van der Waals surface area contributed by atoms with Crippen molar-refractivity contribution in [3.63, 3.8) is 0 Å². The molecule has 1 aromatic carbocycles. The Morgan fingerprint density at radius 1 is 1.29 bits per heavy atom. The minimum absolute atomic E-state index is 0.319. The second-order valence-corrected chi connectivity index (χ2v) is 3.25. The van der Waals surface area contributed by atoms with Crippen LogP contribution in [0, 0.1) is 6.92 Å². The third-order valence-electron chi connectivity index (χ3n) is 2.06. The van der Waals surface area contributed by atoms with Crippen LogP contribution in [0.3, 0.4) is 0 Å². The molecule has 78 valence electrons. The van der Waals surface area contributed by atoms with Crippen molar-refractivity contribution in [3.8, 4) is 0 Å². The highest BCUT2D eigenvalue weighted by Gasteiger charge is 2.30. The molecular weight excluding hydrogens is 193 g/mol. The average Bonchev–Trinajstić information content (AvgIpc) is 2.02. The molecule has 1 rings (SSSR count). The summed E-state index contributed by atoms with van der Waals surface area (Å²) in [6, 6.07) is 3.37. The molecule has 0 aliphatic carbocycles. The van der Waals surface area contributed by atoms with Gasteiger partial charge in [0.15, 0.2) is 0 Å². The van der Waals surface area contributed by atoms with Crippen molar-refractivity contribution in [2.24, 2.45) is 0 Å². The second-order valence-electron chi connectivity index (χ2n) is 3.25. The summed E-state index contributed by atoms with van der Waals surface area (Å²) in [6.07, 6.45) is -5.23. The monoisotopic (exact) mass is 204 g/mol. The summed E-state index contributed by atoms with van der Waals surface area (Å²) < 4.78 is 36.8. The first-order valence-electron chi connectivity index (χ1n) is 4.18. The molecular formula is C10H11F3O. The van der Waals surface area contributed by atoms with Gasteiger partial charge in [-0.15, -0.1) is 0 Å². The zero-order chi connectivity index (χ0) is 10.9. The van der Waals surface area contributed by atoms with Crippen LogP contribution in [-0.2, 0) is 6.18 Å². The number of aliphatic hydroxyl groups excluding tert-OH is 1. The van der Waals surface area contributed by atoms with Crippen molar-refractivity contribution in [2.45, 2.75) is 26.1 Å². The van der Waals surface area contributed by atoms with Crippen molar-refractivity contribution >= 4 is 0 Å². The molecule has 1 atom stereocenters. The minimum atomic E-state index is -4.35. The van der Waals surface area contributed by atoms with E-state index in [9.17, 15) is 18.3 Å². The predicted molar refractivity (Wildman–Crippen MR) is 46.8 cm³/mol. The number of rotatable bonds is 1. The average molecular weight is 204 g/mol. The maximum absolute atomic E-state index is 12.3. The highest BCUT2D eigenvalue weighted by Crippen LogP contribution is 2.31. The van der Waals surface area contributed by atoms with Gasteiger partial charge in [-0.2, -0.15) is 13.2 Å². The van der Waals surface area contributed by atoms with Crippen LogP contribution < -0.4 is 0 Å². The van der Waals surface area contributed by atoms with Crippen LogP contribution in [0.4, 0.5) is 13.2 Å². The molecule has 0 heterocycles. The van der Waals surface area contributed by atoms with E-state index in [2.05, 4.69) is 0 Å². The summed E-state index contributed by atoms with van der Waals surface area (Å²) in [5.74, 6) is 0. The standard InChI is InChI=1S/C10H11F3O/c1-6-3-4-8(10(11,12)13)5-9(6)7(2)14/h3-5,7,14H,1-2H3/t7-/m0/s1. The fourth-order valence-corrected chi connectivity index (χ4v) is 1.27. The largest absolute Gasteiger partial charge is 0.416 e. The maximum atomic E-state index is 12.3. The lowest BCUT2D eigenvalue weighted by Gasteiger charge is -2.12. The zero-order valence-corrected chi connectivity index (χ0v) is 7.89. The first-order valence-corrected chi connectivity index (χ1v) is 4.18. The first kappa shape index (κ1) is 11.0. The Morgan fingerprint density at radius 3 is 2.29 bits per heavy atom. The van der Waals surface area contributed by atoms with E-state index in [0.29, 0.717) is 11.1 Å². The van der Waals surface area contributed by atoms with Crippen molar-refractivity contribution < 1.29 is 18.3 Å². The Morgan fingerprint density at radius 2 is 1.86 bits per heavy atom. The topological polar surface area (TPSA) is 20.2 Å². The minimum Gasteiger partial charge on any atom is -0.389 e. The van der Waals surface area contributed by atoms with Crippen molar-refractivity contribution in [1.82, 2.24) is 0 Å². The smallest absolute Gasteiger partial charge is 0.389 e. The molecule has 0 spiro atoms. The summed E-state index contributed by atoms with van der Waals surface area (Å²) in [7, 11) is 0. The number of alkyl halides is 3. The van der Waals surface area contributed by atoms with Crippen LogP contribution >= 0.6 is 0 Å².